The molecule has 0 unspecified atom stereocenters. The molecule has 0 saturated carbocycles. The van der Waals surface area contributed by atoms with Gasteiger partial charge in [-0.25, -0.2) is 0 Å². The summed E-state index contributed by atoms with van der Waals surface area (Å²) in [5, 5.41) is 0.806. The third-order valence-electron chi connectivity index (χ3n) is 3.28. The zero-order valence-corrected chi connectivity index (χ0v) is 10.9. The first-order valence-corrected chi connectivity index (χ1v) is 6.37. The van der Waals surface area contributed by atoms with Crippen LogP contribution in [0.15, 0.2) is 18.2 Å². The van der Waals surface area contributed by atoms with E-state index >= 15 is 0 Å². The van der Waals surface area contributed by atoms with Gasteiger partial charge in [-0.1, -0.05) is 11.6 Å². The summed E-state index contributed by atoms with van der Waals surface area (Å²) in [5.41, 5.74) is 7.02. The van der Waals surface area contributed by atoms with Gasteiger partial charge in [0.25, 0.3) is 0 Å². The van der Waals surface area contributed by atoms with Crippen molar-refractivity contribution in [2.45, 2.75) is 25.4 Å². The Labute approximate surface area is 107 Å². The zero-order valence-electron chi connectivity index (χ0n) is 10.2. The largest absolute Gasteiger partial charge is 0.497 e. The molecule has 1 aromatic carbocycles. The fourth-order valence-electron chi connectivity index (χ4n) is 2.15. The number of hydrogen-bond acceptors (Lipinski definition) is 3. The van der Waals surface area contributed by atoms with Crippen molar-refractivity contribution in [2.24, 2.45) is 5.73 Å². The fourth-order valence-corrected chi connectivity index (χ4v) is 2.33. The van der Waals surface area contributed by atoms with Crippen molar-refractivity contribution in [1.82, 2.24) is 4.90 Å². The average molecular weight is 255 g/mol. The van der Waals surface area contributed by atoms with Crippen LogP contribution in [0.25, 0.3) is 0 Å². The summed E-state index contributed by atoms with van der Waals surface area (Å²) < 4.78 is 5.22. The van der Waals surface area contributed by atoms with Crippen LogP contribution in [-0.4, -0.2) is 31.1 Å². The Bertz CT molecular complexity index is 376. The molecule has 1 heterocycles. The summed E-state index contributed by atoms with van der Waals surface area (Å²) in [4.78, 5) is 2.39. The third-order valence-corrected chi connectivity index (χ3v) is 3.65. The Morgan fingerprint density at radius 2 is 2.12 bits per heavy atom. The molecule has 4 heteroatoms. The number of ether oxygens (including phenoxy) is 1. The molecule has 0 aromatic heterocycles. The summed E-state index contributed by atoms with van der Waals surface area (Å²) >= 11 is 6.19. The minimum Gasteiger partial charge on any atom is -0.497 e. The Morgan fingerprint density at radius 1 is 1.41 bits per heavy atom. The van der Waals surface area contributed by atoms with E-state index in [1.54, 1.807) is 7.11 Å². The second kappa shape index (κ2) is 5.71. The van der Waals surface area contributed by atoms with E-state index in [1.807, 2.05) is 18.2 Å². The monoisotopic (exact) mass is 254 g/mol. The van der Waals surface area contributed by atoms with Crippen molar-refractivity contribution in [1.29, 1.82) is 0 Å². The molecule has 2 N–H and O–H groups in total. The number of nitrogens with two attached hydrogens (primary N) is 1. The molecule has 0 atom stereocenters. The van der Waals surface area contributed by atoms with Crippen molar-refractivity contribution in [3.8, 4) is 5.75 Å². The molecule has 0 radical (unpaired) electrons. The summed E-state index contributed by atoms with van der Waals surface area (Å²) in [6.07, 6.45) is 2.14. The lowest BCUT2D eigenvalue weighted by Gasteiger charge is -2.30. The van der Waals surface area contributed by atoms with Gasteiger partial charge in [0.15, 0.2) is 0 Å². The zero-order chi connectivity index (χ0) is 12.3. The number of likely N-dealkylation sites (tertiary alicyclic amines) is 1. The second-order valence-corrected chi connectivity index (χ2v) is 4.98. The molecule has 1 aliphatic rings. The summed E-state index contributed by atoms with van der Waals surface area (Å²) in [6, 6.07) is 6.16. The Morgan fingerprint density at radius 3 is 2.76 bits per heavy atom. The van der Waals surface area contributed by atoms with Crippen LogP contribution in [-0.2, 0) is 6.54 Å². The van der Waals surface area contributed by atoms with Crippen LogP contribution in [0.3, 0.4) is 0 Å². The lowest BCUT2D eigenvalue weighted by atomic mass is 10.1. The smallest absolute Gasteiger partial charge is 0.119 e. The van der Waals surface area contributed by atoms with Gasteiger partial charge in [-0.2, -0.15) is 0 Å². The molecule has 0 spiro atoms. The molecule has 0 bridgehead atoms. The lowest BCUT2D eigenvalue weighted by molar-refractivity contribution is 0.205. The van der Waals surface area contributed by atoms with Crippen molar-refractivity contribution in [3.05, 3.63) is 28.8 Å². The Hall–Kier alpha value is -0.770. The normalized spacial score (nSPS) is 18.3. The first kappa shape index (κ1) is 12.7. The van der Waals surface area contributed by atoms with Crippen molar-refractivity contribution < 1.29 is 4.74 Å². The number of hydrogen-bond donors (Lipinski definition) is 1. The highest BCUT2D eigenvalue weighted by Gasteiger charge is 2.17. The summed E-state index contributed by atoms with van der Waals surface area (Å²) in [6.45, 7) is 2.98. The van der Waals surface area contributed by atoms with Gasteiger partial charge in [-0.15, -0.1) is 0 Å². The van der Waals surface area contributed by atoms with Crippen LogP contribution >= 0.6 is 11.6 Å². The molecule has 3 nitrogen and oxygen atoms in total. The number of halogens is 1. The number of nitrogens with zero attached hydrogens (tertiary/aromatic N) is 1. The highest BCUT2D eigenvalue weighted by atomic mass is 35.5. The van der Waals surface area contributed by atoms with E-state index in [0.717, 1.165) is 48.8 Å². The van der Waals surface area contributed by atoms with Gasteiger partial charge in [0.1, 0.15) is 5.75 Å². The Balaban J connectivity index is 2.02. The molecular weight excluding hydrogens is 236 g/mol. The van der Waals surface area contributed by atoms with E-state index in [2.05, 4.69) is 4.90 Å². The standard InChI is InChI=1S/C13H19ClN2O/c1-17-12-2-3-13(14)10(8-12)9-16-6-4-11(15)5-7-16/h2-3,8,11H,4-7,9,15H2,1H3. The van der Waals surface area contributed by atoms with Crippen LogP contribution in [0.5, 0.6) is 5.75 Å². The van der Waals surface area contributed by atoms with E-state index in [-0.39, 0.29) is 0 Å². The van der Waals surface area contributed by atoms with E-state index < -0.39 is 0 Å². The predicted octanol–water partition coefficient (Wildman–Crippen LogP) is 2.27. The average Bonchev–Trinajstić information content (AvgIpc) is 2.35. The molecule has 1 aromatic rings. The first-order chi connectivity index (χ1) is 8.19. The van der Waals surface area contributed by atoms with Crippen LogP contribution in [0.1, 0.15) is 18.4 Å². The van der Waals surface area contributed by atoms with Crippen molar-refractivity contribution in [2.75, 3.05) is 20.2 Å². The maximum Gasteiger partial charge on any atom is 0.119 e. The first-order valence-electron chi connectivity index (χ1n) is 5.99. The van der Waals surface area contributed by atoms with Gasteiger partial charge in [0.2, 0.25) is 0 Å². The number of rotatable bonds is 3. The molecule has 0 aliphatic carbocycles. The highest BCUT2D eigenvalue weighted by Crippen LogP contribution is 2.24. The maximum atomic E-state index is 6.19. The molecular formula is C13H19ClN2O. The SMILES string of the molecule is COc1ccc(Cl)c(CN2CCC(N)CC2)c1. The van der Waals surface area contributed by atoms with Gasteiger partial charge in [-0.05, 0) is 49.7 Å². The van der Waals surface area contributed by atoms with E-state index in [0.29, 0.717) is 6.04 Å². The van der Waals surface area contributed by atoms with Gasteiger partial charge < -0.3 is 10.5 Å². The van der Waals surface area contributed by atoms with Crippen LogP contribution in [0.4, 0.5) is 0 Å². The number of piperidine rings is 1. The second-order valence-electron chi connectivity index (χ2n) is 4.57. The predicted molar refractivity (Wildman–Crippen MR) is 70.5 cm³/mol. The number of methoxy groups -OCH3 is 1. The molecule has 94 valence electrons. The maximum absolute atomic E-state index is 6.19. The van der Waals surface area contributed by atoms with Gasteiger partial charge in [0.05, 0.1) is 7.11 Å². The van der Waals surface area contributed by atoms with Crippen LogP contribution < -0.4 is 10.5 Å². The Kier molecular flexibility index (Phi) is 4.26. The van der Waals surface area contributed by atoms with E-state index in [1.165, 1.54) is 0 Å². The molecule has 1 fully saturated rings. The number of benzene rings is 1. The minimum atomic E-state index is 0.368. The third kappa shape index (κ3) is 3.35. The van der Waals surface area contributed by atoms with Gasteiger partial charge in [-0.3, -0.25) is 4.90 Å². The van der Waals surface area contributed by atoms with E-state index in [4.69, 9.17) is 22.1 Å². The fraction of sp³-hybridized carbons (Fsp3) is 0.538. The van der Waals surface area contributed by atoms with E-state index in [9.17, 15) is 0 Å². The van der Waals surface area contributed by atoms with Gasteiger partial charge in [0, 0.05) is 17.6 Å². The quantitative estimate of drug-likeness (QED) is 0.899. The topological polar surface area (TPSA) is 38.5 Å². The highest BCUT2D eigenvalue weighted by molar-refractivity contribution is 6.31. The summed E-state index contributed by atoms with van der Waals surface area (Å²) in [5.74, 6) is 0.859. The van der Waals surface area contributed by atoms with Crippen molar-refractivity contribution in [3.63, 3.8) is 0 Å². The summed E-state index contributed by atoms with van der Waals surface area (Å²) in [7, 11) is 1.67. The molecule has 1 saturated heterocycles. The lowest BCUT2D eigenvalue weighted by Crippen LogP contribution is -2.39. The minimum absolute atomic E-state index is 0.368. The molecule has 2 rings (SSSR count). The van der Waals surface area contributed by atoms with Gasteiger partial charge >= 0.3 is 0 Å². The molecule has 1 aliphatic heterocycles. The van der Waals surface area contributed by atoms with Crippen LogP contribution in [0.2, 0.25) is 5.02 Å². The molecule has 0 amide bonds. The molecule has 17 heavy (non-hydrogen) atoms. The van der Waals surface area contributed by atoms with Crippen LogP contribution in [0, 0.1) is 0 Å². The van der Waals surface area contributed by atoms with Crippen molar-refractivity contribution >= 4 is 11.6 Å².